The minimum absolute atomic E-state index is 0.275. The molecule has 0 aliphatic carbocycles. The van der Waals surface area contributed by atoms with Crippen LogP contribution < -0.4 is 10.1 Å². The fraction of sp³-hybridized carbons (Fsp3) is 0.500. The Morgan fingerprint density at radius 2 is 2.37 bits per heavy atom. The summed E-state index contributed by atoms with van der Waals surface area (Å²) in [5, 5.41) is 3.34. The number of carbonyl (C=O) groups excluding carboxylic acids is 1. The third kappa shape index (κ3) is 3.70. The minimum atomic E-state index is -0.483. The number of halogens is 1. The Morgan fingerprint density at radius 1 is 1.53 bits per heavy atom. The van der Waals surface area contributed by atoms with E-state index in [-0.39, 0.29) is 5.97 Å². The van der Waals surface area contributed by atoms with E-state index in [0.29, 0.717) is 13.0 Å². The molecular weight excluding hydrogens is 310 g/mol. The molecular formula is C14H18BrNO3. The van der Waals surface area contributed by atoms with Crippen molar-refractivity contribution in [1.82, 2.24) is 5.32 Å². The number of ether oxygens (including phenoxy) is 2. The Morgan fingerprint density at radius 3 is 3.05 bits per heavy atom. The van der Waals surface area contributed by atoms with Crippen LogP contribution in [0.5, 0.6) is 5.75 Å². The first-order valence-corrected chi connectivity index (χ1v) is 7.33. The molecule has 2 rings (SSSR count). The molecule has 104 valence electrons. The van der Waals surface area contributed by atoms with Crippen LogP contribution in [0, 0.1) is 0 Å². The second-order valence-electron chi connectivity index (χ2n) is 4.47. The summed E-state index contributed by atoms with van der Waals surface area (Å²) in [6.45, 7) is 4.25. The van der Waals surface area contributed by atoms with Gasteiger partial charge in [0.15, 0.2) is 6.10 Å². The molecule has 19 heavy (non-hydrogen) atoms. The standard InChI is InChI=1S/C14H18BrNO3/c1-2-7-16-9-10-4-3-5-11(15)13(10)19-12-6-8-18-14(12)17/h3-5,12,16H,2,6-9H2,1H3. The number of carbonyl (C=O) groups is 1. The molecule has 1 aromatic carbocycles. The van der Waals surface area contributed by atoms with E-state index in [1.165, 1.54) is 0 Å². The fourth-order valence-corrected chi connectivity index (χ4v) is 2.45. The van der Waals surface area contributed by atoms with Gasteiger partial charge < -0.3 is 14.8 Å². The van der Waals surface area contributed by atoms with Crippen molar-refractivity contribution in [3.8, 4) is 5.75 Å². The van der Waals surface area contributed by atoms with Crippen LogP contribution in [0.2, 0.25) is 0 Å². The van der Waals surface area contributed by atoms with Crippen molar-refractivity contribution in [3.05, 3.63) is 28.2 Å². The number of hydrogen-bond acceptors (Lipinski definition) is 4. The summed E-state index contributed by atoms with van der Waals surface area (Å²) >= 11 is 3.48. The van der Waals surface area contributed by atoms with Crippen LogP contribution >= 0.6 is 15.9 Å². The van der Waals surface area contributed by atoms with E-state index in [1.807, 2.05) is 18.2 Å². The number of para-hydroxylation sites is 1. The number of rotatable bonds is 6. The first-order chi connectivity index (χ1) is 9.22. The van der Waals surface area contributed by atoms with Gasteiger partial charge in [-0.1, -0.05) is 19.1 Å². The molecule has 1 N–H and O–H groups in total. The average molecular weight is 328 g/mol. The molecule has 0 amide bonds. The van der Waals surface area contributed by atoms with Crippen LogP contribution in [0.15, 0.2) is 22.7 Å². The Labute approximate surface area is 121 Å². The summed E-state index contributed by atoms with van der Waals surface area (Å²) in [7, 11) is 0. The molecule has 5 heteroatoms. The average Bonchev–Trinajstić information content (AvgIpc) is 2.79. The first kappa shape index (κ1) is 14.3. The minimum Gasteiger partial charge on any atom is -0.477 e. The van der Waals surface area contributed by atoms with Crippen LogP contribution in [0.25, 0.3) is 0 Å². The van der Waals surface area contributed by atoms with Gasteiger partial charge in [0.25, 0.3) is 0 Å². The van der Waals surface area contributed by atoms with Gasteiger partial charge in [0.05, 0.1) is 11.1 Å². The van der Waals surface area contributed by atoms with Crippen molar-refractivity contribution in [2.45, 2.75) is 32.4 Å². The van der Waals surface area contributed by atoms with Crippen molar-refractivity contribution in [2.75, 3.05) is 13.2 Å². The van der Waals surface area contributed by atoms with Crippen LogP contribution in [0.1, 0.15) is 25.3 Å². The SMILES string of the molecule is CCCNCc1cccc(Br)c1OC1CCOC1=O. The topological polar surface area (TPSA) is 47.6 Å². The zero-order chi connectivity index (χ0) is 13.7. The van der Waals surface area contributed by atoms with Crippen LogP contribution in [-0.4, -0.2) is 25.2 Å². The molecule has 4 nitrogen and oxygen atoms in total. The lowest BCUT2D eigenvalue weighted by atomic mass is 10.2. The van der Waals surface area contributed by atoms with Gasteiger partial charge in [-0.3, -0.25) is 0 Å². The molecule has 0 spiro atoms. The Balaban J connectivity index is 2.10. The van der Waals surface area contributed by atoms with Crippen molar-refractivity contribution in [1.29, 1.82) is 0 Å². The maximum atomic E-state index is 11.5. The van der Waals surface area contributed by atoms with Gasteiger partial charge in [-0.25, -0.2) is 4.79 Å². The van der Waals surface area contributed by atoms with Gasteiger partial charge in [0.2, 0.25) is 0 Å². The van der Waals surface area contributed by atoms with E-state index in [2.05, 4.69) is 28.2 Å². The summed E-state index contributed by atoms with van der Waals surface area (Å²) in [6.07, 6.45) is 1.21. The number of nitrogens with one attached hydrogen (secondary N) is 1. The number of benzene rings is 1. The largest absolute Gasteiger partial charge is 0.477 e. The van der Waals surface area contributed by atoms with Crippen molar-refractivity contribution >= 4 is 21.9 Å². The van der Waals surface area contributed by atoms with E-state index < -0.39 is 6.10 Å². The van der Waals surface area contributed by atoms with Gasteiger partial charge in [0.1, 0.15) is 5.75 Å². The smallest absolute Gasteiger partial charge is 0.347 e. The molecule has 1 fully saturated rings. The predicted molar refractivity (Wildman–Crippen MR) is 76.1 cm³/mol. The van der Waals surface area contributed by atoms with Crippen molar-refractivity contribution in [2.24, 2.45) is 0 Å². The Bertz CT molecular complexity index is 450. The molecule has 1 aliphatic rings. The van der Waals surface area contributed by atoms with E-state index >= 15 is 0 Å². The maximum Gasteiger partial charge on any atom is 0.347 e. The third-order valence-corrected chi connectivity index (χ3v) is 3.56. The summed E-state index contributed by atoms with van der Waals surface area (Å²) in [5.74, 6) is 0.457. The van der Waals surface area contributed by atoms with Gasteiger partial charge in [0, 0.05) is 18.5 Å². The van der Waals surface area contributed by atoms with Gasteiger partial charge in [-0.15, -0.1) is 0 Å². The zero-order valence-corrected chi connectivity index (χ0v) is 12.5. The second kappa shape index (κ2) is 6.91. The van der Waals surface area contributed by atoms with Crippen molar-refractivity contribution in [3.63, 3.8) is 0 Å². The van der Waals surface area contributed by atoms with Crippen LogP contribution in [0.3, 0.4) is 0 Å². The molecule has 0 saturated carbocycles. The number of esters is 1. The Kier molecular flexibility index (Phi) is 5.22. The van der Waals surface area contributed by atoms with E-state index in [0.717, 1.165) is 35.3 Å². The molecule has 1 heterocycles. The van der Waals surface area contributed by atoms with Crippen LogP contribution in [0.4, 0.5) is 0 Å². The van der Waals surface area contributed by atoms with Gasteiger partial charge >= 0.3 is 5.97 Å². The molecule has 1 aliphatic heterocycles. The highest BCUT2D eigenvalue weighted by atomic mass is 79.9. The summed E-state index contributed by atoms with van der Waals surface area (Å²) < 4.78 is 11.6. The number of cyclic esters (lactones) is 1. The molecule has 1 unspecified atom stereocenters. The zero-order valence-electron chi connectivity index (χ0n) is 10.9. The predicted octanol–water partition coefficient (Wildman–Crippen LogP) is 2.64. The lowest BCUT2D eigenvalue weighted by Crippen LogP contribution is -2.23. The van der Waals surface area contributed by atoms with Crippen LogP contribution in [-0.2, 0) is 16.1 Å². The van der Waals surface area contributed by atoms with E-state index in [1.54, 1.807) is 0 Å². The first-order valence-electron chi connectivity index (χ1n) is 6.53. The van der Waals surface area contributed by atoms with Gasteiger partial charge in [-0.2, -0.15) is 0 Å². The quantitative estimate of drug-likeness (QED) is 0.644. The van der Waals surface area contributed by atoms with Crippen molar-refractivity contribution < 1.29 is 14.3 Å². The fourth-order valence-electron chi connectivity index (χ4n) is 1.95. The van der Waals surface area contributed by atoms with E-state index in [4.69, 9.17) is 9.47 Å². The highest BCUT2D eigenvalue weighted by Gasteiger charge is 2.29. The summed E-state index contributed by atoms with van der Waals surface area (Å²) in [6, 6.07) is 5.88. The molecule has 0 bridgehead atoms. The normalized spacial score (nSPS) is 18.4. The monoisotopic (exact) mass is 327 g/mol. The summed E-state index contributed by atoms with van der Waals surface area (Å²) in [5.41, 5.74) is 1.04. The molecule has 0 radical (unpaired) electrons. The second-order valence-corrected chi connectivity index (χ2v) is 5.32. The molecule has 0 aromatic heterocycles. The number of hydrogen-bond donors (Lipinski definition) is 1. The lowest BCUT2D eigenvalue weighted by molar-refractivity contribution is -0.143. The van der Waals surface area contributed by atoms with E-state index in [9.17, 15) is 4.79 Å². The highest BCUT2D eigenvalue weighted by Crippen LogP contribution is 2.31. The lowest BCUT2D eigenvalue weighted by Gasteiger charge is -2.16. The highest BCUT2D eigenvalue weighted by molar-refractivity contribution is 9.10. The third-order valence-electron chi connectivity index (χ3n) is 2.94. The molecule has 1 atom stereocenters. The maximum absolute atomic E-state index is 11.5. The summed E-state index contributed by atoms with van der Waals surface area (Å²) in [4.78, 5) is 11.5. The Hall–Kier alpha value is -1.07. The molecule has 1 saturated heterocycles. The molecule has 1 aromatic rings. The van der Waals surface area contributed by atoms with Gasteiger partial charge in [-0.05, 0) is 35.0 Å².